The summed E-state index contributed by atoms with van der Waals surface area (Å²) < 4.78 is 0. The van der Waals surface area contributed by atoms with Crippen molar-refractivity contribution in [3.05, 3.63) is 0 Å². The fraction of sp³-hybridized carbons (Fsp3) is 1.00. The van der Waals surface area contributed by atoms with Crippen LogP contribution in [0.1, 0.15) is 19.8 Å². The van der Waals surface area contributed by atoms with Crippen molar-refractivity contribution < 1.29 is 10.2 Å². The third-order valence-corrected chi connectivity index (χ3v) is 0.547. The van der Waals surface area contributed by atoms with Gasteiger partial charge in [-0.3, -0.25) is 0 Å². The van der Waals surface area contributed by atoms with Crippen molar-refractivity contribution in [2.75, 3.05) is 0 Å². The average molecular weight is 113 g/mol. The topological polar surface area (TPSA) is 40.5 Å². The molecule has 0 rings (SSSR count). The summed E-state index contributed by atoms with van der Waals surface area (Å²) in [4.78, 5) is 0. The van der Waals surface area contributed by atoms with Gasteiger partial charge in [0.05, 0.1) is 0 Å². The van der Waals surface area contributed by atoms with Gasteiger partial charge in [-0.25, -0.2) is 0 Å². The molecule has 2 nitrogen and oxygen atoms in total. The van der Waals surface area contributed by atoms with E-state index < -0.39 is 6.29 Å². The van der Waals surface area contributed by atoms with Crippen molar-refractivity contribution in [2.24, 2.45) is 0 Å². The van der Waals surface area contributed by atoms with Crippen molar-refractivity contribution in [3.8, 4) is 0 Å². The van der Waals surface area contributed by atoms with Crippen LogP contribution in [0.4, 0.5) is 0 Å². The van der Waals surface area contributed by atoms with Gasteiger partial charge in [0.25, 0.3) is 0 Å². The number of aliphatic hydroxyl groups excluding tert-OH is 1. The zero-order chi connectivity index (χ0) is 4.99. The Morgan fingerprint density at radius 3 is 1.86 bits per heavy atom. The number of rotatable bonds is 2. The molecule has 0 bridgehead atoms. The summed E-state index contributed by atoms with van der Waals surface area (Å²) in [6, 6.07) is 0. The van der Waals surface area contributed by atoms with Crippen molar-refractivity contribution in [3.63, 3.8) is 0 Å². The molecule has 0 saturated carbocycles. The predicted octanol–water partition coefficient (Wildman–Crippen LogP) is -0.284. The van der Waals surface area contributed by atoms with Crippen molar-refractivity contribution in [1.29, 1.82) is 0 Å². The van der Waals surface area contributed by atoms with Gasteiger partial charge >= 0.3 is 0 Å². The van der Waals surface area contributed by atoms with Crippen LogP contribution in [-0.4, -0.2) is 46.1 Å². The molecule has 0 aliphatic rings. The Bertz CT molecular complexity index is 30.9. The molecular formula is C4H10NaO2. The maximum Gasteiger partial charge on any atom is 0.151 e. The molecule has 0 fully saturated rings. The number of aliphatic hydroxyl groups is 2. The number of hydrogen-bond acceptors (Lipinski definition) is 2. The summed E-state index contributed by atoms with van der Waals surface area (Å²) in [6.07, 6.45) is 0.215. The zero-order valence-corrected chi connectivity index (χ0v) is 6.89. The van der Waals surface area contributed by atoms with Gasteiger partial charge < -0.3 is 10.2 Å². The summed E-state index contributed by atoms with van der Waals surface area (Å²) in [7, 11) is 0. The monoisotopic (exact) mass is 113 g/mol. The summed E-state index contributed by atoms with van der Waals surface area (Å²) in [5, 5.41) is 16.2. The van der Waals surface area contributed by atoms with Gasteiger partial charge in [0.2, 0.25) is 0 Å². The predicted molar refractivity (Wildman–Crippen MR) is 28.9 cm³/mol. The van der Waals surface area contributed by atoms with Gasteiger partial charge in [0.1, 0.15) is 0 Å². The first-order chi connectivity index (χ1) is 2.77. The minimum absolute atomic E-state index is 0. The molecule has 0 aliphatic heterocycles. The molecule has 39 valence electrons. The Morgan fingerprint density at radius 2 is 1.86 bits per heavy atom. The minimum Gasteiger partial charge on any atom is -0.368 e. The van der Waals surface area contributed by atoms with Crippen LogP contribution in [-0.2, 0) is 0 Å². The van der Waals surface area contributed by atoms with Crippen LogP contribution in [0.5, 0.6) is 0 Å². The van der Waals surface area contributed by atoms with E-state index in [-0.39, 0.29) is 29.6 Å². The van der Waals surface area contributed by atoms with Crippen LogP contribution in [0.15, 0.2) is 0 Å². The van der Waals surface area contributed by atoms with E-state index in [0.29, 0.717) is 6.42 Å². The summed E-state index contributed by atoms with van der Waals surface area (Å²) >= 11 is 0. The van der Waals surface area contributed by atoms with Gasteiger partial charge in [-0.15, -0.1) is 0 Å². The Morgan fingerprint density at radius 1 is 1.43 bits per heavy atom. The molecule has 3 heteroatoms. The van der Waals surface area contributed by atoms with Crippen LogP contribution < -0.4 is 0 Å². The molecule has 0 atom stereocenters. The minimum atomic E-state index is -1.10. The average Bonchev–Trinajstić information content (AvgIpc) is 1.35. The molecule has 0 aliphatic carbocycles. The van der Waals surface area contributed by atoms with Crippen LogP contribution in [0.2, 0.25) is 0 Å². The smallest absolute Gasteiger partial charge is 0.151 e. The van der Waals surface area contributed by atoms with Crippen LogP contribution >= 0.6 is 0 Å². The molecule has 0 saturated heterocycles. The van der Waals surface area contributed by atoms with Crippen LogP contribution in [0.3, 0.4) is 0 Å². The largest absolute Gasteiger partial charge is 0.368 e. The van der Waals surface area contributed by atoms with E-state index in [0.717, 1.165) is 6.42 Å². The molecular weight excluding hydrogens is 103 g/mol. The normalized spacial score (nSPS) is 8.57. The SMILES string of the molecule is CCCC(O)O.[Na]. The maximum atomic E-state index is 8.11. The first-order valence-electron chi connectivity index (χ1n) is 2.13. The second kappa shape index (κ2) is 6.92. The molecule has 2 N–H and O–H groups in total. The van der Waals surface area contributed by atoms with E-state index in [4.69, 9.17) is 10.2 Å². The Hall–Kier alpha value is 0.920. The van der Waals surface area contributed by atoms with E-state index in [1.165, 1.54) is 0 Å². The third kappa shape index (κ3) is 10.9. The quantitative estimate of drug-likeness (QED) is 0.382. The van der Waals surface area contributed by atoms with E-state index in [9.17, 15) is 0 Å². The molecule has 0 aromatic carbocycles. The molecule has 1 radical (unpaired) electrons. The molecule has 0 spiro atoms. The first kappa shape index (κ1) is 10.8. The van der Waals surface area contributed by atoms with Gasteiger partial charge in [0, 0.05) is 29.6 Å². The van der Waals surface area contributed by atoms with Crippen LogP contribution in [0.25, 0.3) is 0 Å². The molecule has 0 unspecified atom stereocenters. The van der Waals surface area contributed by atoms with Gasteiger partial charge in [-0.1, -0.05) is 13.3 Å². The number of hydrogen-bond donors (Lipinski definition) is 2. The van der Waals surface area contributed by atoms with Crippen molar-refractivity contribution in [2.45, 2.75) is 26.1 Å². The molecule has 0 aromatic rings. The van der Waals surface area contributed by atoms with Crippen LogP contribution in [0, 0.1) is 0 Å². The van der Waals surface area contributed by atoms with E-state index in [1.807, 2.05) is 6.92 Å². The van der Waals surface area contributed by atoms with Gasteiger partial charge in [0.15, 0.2) is 6.29 Å². The Balaban J connectivity index is 0. The fourth-order valence-corrected chi connectivity index (χ4v) is 0.258. The second-order valence-corrected chi connectivity index (χ2v) is 1.27. The summed E-state index contributed by atoms with van der Waals surface area (Å²) in [6.45, 7) is 1.90. The molecule has 0 amide bonds. The van der Waals surface area contributed by atoms with Gasteiger partial charge in [-0.2, -0.15) is 0 Å². The van der Waals surface area contributed by atoms with E-state index in [2.05, 4.69) is 0 Å². The zero-order valence-electron chi connectivity index (χ0n) is 4.89. The Kier molecular flexibility index (Phi) is 10.7. The fourth-order valence-electron chi connectivity index (χ4n) is 0.258. The van der Waals surface area contributed by atoms with Crippen molar-refractivity contribution in [1.82, 2.24) is 0 Å². The Labute approximate surface area is 65.8 Å². The van der Waals surface area contributed by atoms with Crippen molar-refractivity contribution >= 4 is 29.6 Å². The maximum absolute atomic E-state index is 8.11. The second-order valence-electron chi connectivity index (χ2n) is 1.27. The molecule has 0 aromatic heterocycles. The first-order valence-corrected chi connectivity index (χ1v) is 2.13. The van der Waals surface area contributed by atoms with Gasteiger partial charge in [-0.05, 0) is 6.42 Å². The van der Waals surface area contributed by atoms with E-state index in [1.54, 1.807) is 0 Å². The molecule has 7 heavy (non-hydrogen) atoms. The third-order valence-electron chi connectivity index (χ3n) is 0.547. The summed E-state index contributed by atoms with van der Waals surface area (Å²) in [5.41, 5.74) is 0. The van der Waals surface area contributed by atoms with E-state index >= 15 is 0 Å². The standard InChI is InChI=1S/C4H10O2.Na/c1-2-3-4(5)6;/h4-6H,2-3H2,1H3;. The molecule has 0 heterocycles. The summed E-state index contributed by atoms with van der Waals surface area (Å²) in [5.74, 6) is 0.